The van der Waals surface area contributed by atoms with Crippen LogP contribution in [0.3, 0.4) is 0 Å². The molecule has 1 aromatic rings. The van der Waals surface area contributed by atoms with Crippen LogP contribution in [0.1, 0.15) is 5.56 Å². The van der Waals surface area contributed by atoms with Crippen molar-refractivity contribution in [2.24, 2.45) is 5.84 Å². The van der Waals surface area contributed by atoms with Crippen LogP contribution in [0.2, 0.25) is 0 Å². The highest BCUT2D eigenvalue weighted by molar-refractivity contribution is 7.86. The van der Waals surface area contributed by atoms with Crippen LogP contribution in [0.15, 0.2) is 29.2 Å². The molecule has 84 valence electrons. The summed E-state index contributed by atoms with van der Waals surface area (Å²) >= 11 is 0. The Bertz CT molecular complexity index is 400. The Labute approximate surface area is 89.3 Å². The molecule has 0 atom stereocenters. The van der Waals surface area contributed by atoms with Gasteiger partial charge in [0.1, 0.15) is 0 Å². The van der Waals surface area contributed by atoms with Crippen molar-refractivity contribution in [1.29, 1.82) is 0 Å². The fourth-order valence-corrected chi connectivity index (χ4v) is 1.89. The average Bonchev–Trinajstić information content (AvgIpc) is 2.18. The summed E-state index contributed by atoms with van der Waals surface area (Å²) < 4.78 is 27.8. The zero-order valence-electron chi connectivity index (χ0n) is 8.43. The van der Waals surface area contributed by atoms with Crippen LogP contribution >= 0.6 is 0 Å². The van der Waals surface area contributed by atoms with Gasteiger partial charge in [-0.05, 0) is 19.1 Å². The lowest BCUT2D eigenvalue weighted by Crippen LogP contribution is -2.27. The van der Waals surface area contributed by atoms with Gasteiger partial charge in [-0.2, -0.15) is 8.42 Å². The van der Waals surface area contributed by atoms with Crippen LogP contribution in [0.25, 0.3) is 0 Å². The average molecular weight is 230 g/mol. The number of hydrogen-bond acceptors (Lipinski definition) is 5. The molecule has 1 rings (SSSR count). The van der Waals surface area contributed by atoms with E-state index in [1.165, 1.54) is 12.1 Å². The molecule has 3 N–H and O–H groups in total. The molecule has 0 spiro atoms. The maximum absolute atomic E-state index is 11.5. The molecule has 0 bridgehead atoms. The second-order valence-electron chi connectivity index (χ2n) is 3.04. The molecule has 0 aromatic heterocycles. The van der Waals surface area contributed by atoms with E-state index < -0.39 is 10.1 Å². The minimum absolute atomic E-state index is 0.0205. The van der Waals surface area contributed by atoms with Gasteiger partial charge in [-0.15, -0.1) is 0 Å². The lowest BCUT2D eigenvalue weighted by Gasteiger charge is -2.05. The molecule has 0 saturated heterocycles. The van der Waals surface area contributed by atoms with Crippen LogP contribution in [-0.2, 0) is 14.3 Å². The van der Waals surface area contributed by atoms with Gasteiger partial charge in [0.2, 0.25) is 0 Å². The first-order valence-corrected chi connectivity index (χ1v) is 5.86. The highest BCUT2D eigenvalue weighted by Gasteiger charge is 2.13. The molecule has 1 aromatic carbocycles. The summed E-state index contributed by atoms with van der Waals surface area (Å²) in [5.74, 6) is 4.99. The molecule has 5 nitrogen and oxygen atoms in total. The van der Waals surface area contributed by atoms with E-state index in [9.17, 15) is 8.42 Å². The summed E-state index contributed by atoms with van der Waals surface area (Å²) in [6.45, 7) is 2.19. The van der Waals surface area contributed by atoms with Crippen molar-refractivity contribution in [2.45, 2.75) is 11.8 Å². The van der Waals surface area contributed by atoms with E-state index in [0.717, 1.165) is 5.56 Å². The third-order valence-corrected chi connectivity index (χ3v) is 3.12. The highest BCUT2D eigenvalue weighted by atomic mass is 32.2. The molecule has 0 radical (unpaired) electrons. The number of rotatable bonds is 5. The normalized spacial score (nSPS) is 11.6. The molecule has 6 heteroatoms. The zero-order chi connectivity index (χ0) is 11.3. The fourth-order valence-electron chi connectivity index (χ4n) is 0.983. The fraction of sp³-hybridized carbons (Fsp3) is 0.333. The van der Waals surface area contributed by atoms with Gasteiger partial charge in [0.05, 0.1) is 11.5 Å². The van der Waals surface area contributed by atoms with Crippen molar-refractivity contribution >= 4 is 10.1 Å². The zero-order valence-corrected chi connectivity index (χ0v) is 9.25. The van der Waals surface area contributed by atoms with Crippen molar-refractivity contribution in [3.63, 3.8) is 0 Å². The van der Waals surface area contributed by atoms with Gasteiger partial charge < -0.3 is 0 Å². The molecule has 0 aliphatic carbocycles. The van der Waals surface area contributed by atoms with E-state index in [4.69, 9.17) is 10.0 Å². The Morgan fingerprint density at radius 2 is 1.93 bits per heavy atom. The van der Waals surface area contributed by atoms with Crippen molar-refractivity contribution < 1.29 is 12.6 Å². The highest BCUT2D eigenvalue weighted by Crippen LogP contribution is 2.12. The number of aryl methyl sites for hydroxylation is 1. The van der Waals surface area contributed by atoms with E-state index in [1.807, 2.05) is 6.92 Å². The topological polar surface area (TPSA) is 81.4 Å². The van der Waals surface area contributed by atoms with Crippen LogP contribution in [-0.4, -0.2) is 21.6 Å². The van der Waals surface area contributed by atoms with Crippen LogP contribution in [0.4, 0.5) is 0 Å². The van der Waals surface area contributed by atoms with Crippen molar-refractivity contribution in [3.8, 4) is 0 Å². The Balaban J connectivity index is 2.73. The molecule has 0 saturated carbocycles. The summed E-state index contributed by atoms with van der Waals surface area (Å²) in [6, 6.07) is 6.47. The SMILES string of the molecule is Cc1ccc(S(=O)(=O)OCCNN)cc1. The molecule has 15 heavy (non-hydrogen) atoms. The molecule has 0 aliphatic rings. The number of hydrogen-bond donors (Lipinski definition) is 2. The third kappa shape index (κ3) is 3.60. The predicted molar refractivity (Wildman–Crippen MR) is 56.5 cm³/mol. The number of hydrazine groups is 1. The lowest BCUT2D eigenvalue weighted by molar-refractivity contribution is 0.316. The minimum Gasteiger partial charge on any atom is -0.271 e. The first-order chi connectivity index (χ1) is 7.06. The summed E-state index contributed by atoms with van der Waals surface area (Å²) in [5, 5.41) is 0. The molecule has 0 amide bonds. The summed E-state index contributed by atoms with van der Waals surface area (Å²) in [5.41, 5.74) is 3.31. The standard InChI is InChI=1S/C9H14N2O3S/c1-8-2-4-9(5-3-8)15(12,13)14-7-6-11-10/h2-5,11H,6-7,10H2,1H3. The Kier molecular flexibility index (Phi) is 4.22. The number of nitrogens with two attached hydrogens (primary N) is 1. The number of nitrogens with one attached hydrogen (secondary N) is 1. The van der Waals surface area contributed by atoms with E-state index in [1.54, 1.807) is 12.1 Å². The predicted octanol–water partition coefficient (Wildman–Crippen LogP) is 0.164. The van der Waals surface area contributed by atoms with Gasteiger partial charge in [0.15, 0.2) is 0 Å². The van der Waals surface area contributed by atoms with E-state index in [0.29, 0.717) is 0 Å². The van der Waals surface area contributed by atoms with E-state index in [-0.39, 0.29) is 18.0 Å². The van der Waals surface area contributed by atoms with Gasteiger partial charge in [0, 0.05) is 6.54 Å². The van der Waals surface area contributed by atoms with Gasteiger partial charge in [-0.25, -0.2) is 0 Å². The molecule has 0 aliphatic heterocycles. The Morgan fingerprint density at radius 1 is 1.33 bits per heavy atom. The van der Waals surface area contributed by atoms with E-state index in [2.05, 4.69) is 5.43 Å². The summed E-state index contributed by atoms with van der Waals surface area (Å²) in [6.07, 6.45) is 0. The second-order valence-corrected chi connectivity index (χ2v) is 4.66. The van der Waals surface area contributed by atoms with Gasteiger partial charge >= 0.3 is 0 Å². The Hall–Kier alpha value is -0.950. The molecule has 0 heterocycles. The molecule has 0 fully saturated rings. The lowest BCUT2D eigenvalue weighted by atomic mass is 10.2. The largest absolute Gasteiger partial charge is 0.297 e. The summed E-state index contributed by atoms with van der Waals surface area (Å²) in [7, 11) is -3.64. The second kappa shape index (κ2) is 5.22. The van der Waals surface area contributed by atoms with Gasteiger partial charge in [0.25, 0.3) is 10.1 Å². The van der Waals surface area contributed by atoms with Crippen LogP contribution in [0.5, 0.6) is 0 Å². The molecule has 0 unspecified atom stereocenters. The van der Waals surface area contributed by atoms with Gasteiger partial charge in [-0.1, -0.05) is 17.7 Å². The maximum Gasteiger partial charge on any atom is 0.297 e. The van der Waals surface area contributed by atoms with Crippen molar-refractivity contribution in [3.05, 3.63) is 29.8 Å². The first kappa shape index (κ1) is 12.1. The van der Waals surface area contributed by atoms with Crippen LogP contribution in [0, 0.1) is 6.92 Å². The molecular weight excluding hydrogens is 216 g/mol. The summed E-state index contributed by atoms with van der Waals surface area (Å²) in [4.78, 5) is 0.158. The molecular formula is C9H14N2O3S. The van der Waals surface area contributed by atoms with Crippen molar-refractivity contribution in [1.82, 2.24) is 5.43 Å². The van der Waals surface area contributed by atoms with Crippen molar-refractivity contribution in [2.75, 3.05) is 13.2 Å². The maximum atomic E-state index is 11.5. The van der Waals surface area contributed by atoms with Gasteiger partial charge in [-0.3, -0.25) is 15.5 Å². The Morgan fingerprint density at radius 3 is 2.47 bits per heavy atom. The quantitative estimate of drug-likeness (QED) is 0.326. The first-order valence-electron chi connectivity index (χ1n) is 4.46. The van der Waals surface area contributed by atoms with Crippen LogP contribution < -0.4 is 11.3 Å². The van der Waals surface area contributed by atoms with E-state index >= 15 is 0 Å². The number of benzene rings is 1. The smallest absolute Gasteiger partial charge is 0.271 e. The third-order valence-electron chi connectivity index (χ3n) is 1.79. The monoisotopic (exact) mass is 230 g/mol. The minimum atomic E-state index is -3.64.